The highest BCUT2D eigenvalue weighted by atomic mass is 16.4. The third kappa shape index (κ3) is 4.14. The van der Waals surface area contributed by atoms with Crippen molar-refractivity contribution >= 4 is 23.8 Å². The molecule has 1 aliphatic carbocycles. The molecule has 1 aromatic rings. The molecule has 2 N–H and O–H groups in total. The highest BCUT2D eigenvalue weighted by Crippen LogP contribution is 2.29. The number of aromatic nitrogens is 3. The van der Waals surface area contributed by atoms with E-state index >= 15 is 0 Å². The molecule has 9 nitrogen and oxygen atoms in total. The Morgan fingerprint density at radius 2 is 1.77 bits per heavy atom. The lowest BCUT2D eigenvalue weighted by molar-refractivity contribution is -0.142. The molecule has 0 unspecified atom stereocenters. The number of hydrogen-bond donors (Lipinski definition) is 2. The number of carbonyl (C=O) groups is 1. The first kappa shape index (κ1) is 18.6. The monoisotopic (exact) mass is 363 g/mol. The quantitative estimate of drug-likeness (QED) is 0.785. The van der Waals surface area contributed by atoms with Gasteiger partial charge in [-0.05, 0) is 32.7 Å². The molecule has 1 saturated heterocycles. The van der Waals surface area contributed by atoms with Gasteiger partial charge in [0.15, 0.2) is 0 Å². The number of rotatable bonds is 5. The molecule has 0 aromatic carbocycles. The van der Waals surface area contributed by atoms with E-state index in [9.17, 15) is 9.90 Å². The van der Waals surface area contributed by atoms with Crippen LogP contribution in [0.25, 0.3) is 0 Å². The van der Waals surface area contributed by atoms with Gasteiger partial charge in [0.2, 0.25) is 17.8 Å². The summed E-state index contributed by atoms with van der Waals surface area (Å²) in [6.45, 7) is 3.78. The number of piperazine rings is 1. The third-order valence-corrected chi connectivity index (χ3v) is 5.53. The van der Waals surface area contributed by atoms with Gasteiger partial charge in [0, 0.05) is 46.3 Å². The molecule has 2 aliphatic rings. The normalized spacial score (nSPS) is 24.3. The van der Waals surface area contributed by atoms with Crippen LogP contribution in [0.15, 0.2) is 0 Å². The molecular weight excluding hydrogens is 334 g/mol. The van der Waals surface area contributed by atoms with Crippen LogP contribution in [0.1, 0.15) is 25.7 Å². The second-order valence-electron chi connectivity index (χ2n) is 7.25. The number of nitrogens with zero attached hydrogens (tertiary/aromatic N) is 6. The number of carboxylic acids is 1. The summed E-state index contributed by atoms with van der Waals surface area (Å²) in [5.74, 6) is 1.03. The van der Waals surface area contributed by atoms with Crippen molar-refractivity contribution in [1.82, 2.24) is 19.9 Å². The highest BCUT2D eigenvalue weighted by molar-refractivity contribution is 5.70. The predicted molar refractivity (Wildman–Crippen MR) is 101 cm³/mol. The molecule has 0 amide bonds. The minimum atomic E-state index is -0.680. The second kappa shape index (κ2) is 8.03. The van der Waals surface area contributed by atoms with Crippen LogP contribution in [0.2, 0.25) is 0 Å². The van der Waals surface area contributed by atoms with Crippen LogP contribution in [0.5, 0.6) is 0 Å². The van der Waals surface area contributed by atoms with Gasteiger partial charge in [-0.25, -0.2) is 0 Å². The predicted octanol–water partition coefficient (Wildman–Crippen LogP) is 0.745. The zero-order valence-corrected chi connectivity index (χ0v) is 15.9. The Labute approximate surface area is 154 Å². The Morgan fingerprint density at radius 1 is 1.12 bits per heavy atom. The fourth-order valence-corrected chi connectivity index (χ4v) is 3.64. The molecule has 0 radical (unpaired) electrons. The minimum Gasteiger partial charge on any atom is -0.481 e. The van der Waals surface area contributed by atoms with Gasteiger partial charge in [0.25, 0.3) is 0 Å². The molecule has 26 heavy (non-hydrogen) atoms. The average molecular weight is 363 g/mol. The summed E-state index contributed by atoms with van der Waals surface area (Å²) in [6, 6.07) is 0.262. The molecule has 3 rings (SSSR count). The van der Waals surface area contributed by atoms with E-state index in [0.29, 0.717) is 30.7 Å². The minimum absolute atomic E-state index is 0.216. The van der Waals surface area contributed by atoms with Crippen molar-refractivity contribution in [2.75, 3.05) is 62.4 Å². The number of carboxylic acid groups (broad SMARTS) is 1. The number of hydrogen-bond acceptors (Lipinski definition) is 8. The first-order valence-corrected chi connectivity index (χ1v) is 9.31. The Kier molecular flexibility index (Phi) is 5.75. The van der Waals surface area contributed by atoms with E-state index in [1.165, 1.54) is 0 Å². The highest BCUT2D eigenvalue weighted by Gasteiger charge is 2.29. The van der Waals surface area contributed by atoms with Crippen LogP contribution in [0.3, 0.4) is 0 Å². The van der Waals surface area contributed by atoms with Gasteiger partial charge in [-0.1, -0.05) is 0 Å². The van der Waals surface area contributed by atoms with E-state index < -0.39 is 5.97 Å². The van der Waals surface area contributed by atoms with E-state index in [1.54, 1.807) is 0 Å². The van der Waals surface area contributed by atoms with E-state index in [1.807, 2.05) is 14.1 Å². The van der Waals surface area contributed by atoms with E-state index in [0.717, 1.165) is 39.0 Å². The van der Waals surface area contributed by atoms with Gasteiger partial charge in [-0.2, -0.15) is 15.0 Å². The maximum atomic E-state index is 11.2. The molecule has 2 heterocycles. The standard InChI is InChI=1S/C17H29N7O2/c1-18-15-19-16(21-17(20-15)24-10-8-22(2)9-11-24)23(3)13-6-4-12(5-7-13)14(25)26/h12-13H,4-11H2,1-3H3,(H,25,26)(H,18,19,20,21)/t12-,13+. The van der Waals surface area contributed by atoms with Crippen molar-refractivity contribution in [3.63, 3.8) is 0 Å². The first-order valence-electron chi connectivity index (χ1n) is 9.31. The van der Waals surface area contributed by atoms with Crippen LogP contribution >= 0.6 is 0 Å². The average Bonchev–Trinajstić information content (AvgIpc) is 2.67. The molecular formula is C17H29N7O2. The molecule has 1 saturated carbocycles. The zero-order valence-electron chi connectivity index (χ0n) is 15.9. The van der Waals surface area contributed by atoms with Gasteiger partial charge in [0.05, 0.1) is 5.92 Å². The summed E-state index contributed by atoms with van der Waals surface area (Å²) >= 11 is 0. The zero-order chi connectivity index (χ0) is 18.7. The summed E-state index contributed by atoms with van der Waals surface area (Å²) < 4.78 is 0. The summed E-state index contributed by atoms with van der Waals surface area (Å²) in [7, 11) is 5.93. The molecule has 2 fully saturated rings. The lowest BCUT2D eigenvalue weighted by atomic mass is 9.85. The van der Waals surface area contributed by atoms with Gasteiger partial charge < -0.3 is 25.1 Å². The van der Waals surface area contributed by atoms with Crippen LogP contribution < -0.4 is 15.1 Å². The van der Waals surface area contributed by atoms with Crippen LogP contribution in [0.4, 0.5) is 17.8 Å². The van der Waals surface area contributed by atoms with Crippen molar-refractivity contribution in [3.8, 4) is 0 Å². The maximum Gasteiger partial charge on any atom is 0.306 e. The van der Waals surface area contributed by atoms with E-state index in [-0.39, 0.29) is 12.0 Å². The molecule has 1 aromatic heterocycles. The number of anilines is 3. The van der Waals surface area contributed by atoms with Crippen molar-refractivity contribution in [3.05, 3.63) is 0 Å². The van der Waals surface area contributed by atoms with E-state index in [4.69, 9.17) is 4.98 Å². The van der Waals surface area contributed by atoms with Crippen molar-refractivity contribution in [2.24, 2.45) is 5.92 Å². The lowest BCUT2D eigenvalue weighted by Gasteiger charge is -2.35. The number of likely N-dealkylation sites (N-methyl/N-ethyl adjacent to an activating group) is 1. The summed E-state index contributed by atoms with van der Waals surface area (Å²) in [4.78, 5) is 31.5. The summed E-state index contributed by atoms with van der Waals surface area (Å²) in [5, 5.41) is 12.2. The molecule has 144 valence electrons. The molecule has 0 spiro atoms. The molecule has 9 heteroatoms. The molecule has 1 aliphatic heterocycles. The number of aliphatic carboxylic acids is 1. The molecule has 0 atom stereocenters. The van der Waals surface area contributed by atoms with Crippen LogP contribution in [0, 0.1) is 5.92 Å². The van der Waals surface area contributed by atoms with E-state index in [2.05, 4.69) is 37.0 Å². The third-order valence-electron chi connectivity index (χ3n) is 5.53. The first-order chi connectivity index (χ1) is 12.5. The van der Waals surface area contributed by atoms with Crippen molar-refractivity contribution in [2.45, 2.75) is 31.7 Å². The fraction of sp³-hybridized carbons (Fsp3) is 0.765. The SMILES string of the molecule is CNc1nc(N2CCN(C)CC2)nc(N(C)[C@H]2CC[C@@H](C(=O)O)CC2)n1. The summed E-state index contributed by atoms with van der Waals surface area (Å²) in [5.41, 5.74) is 0. The van der Waals surface area contributed by atoms with Gasteiger partial charge in [0.1, 0.15) is 0 Å². The van der Waals surface area contributed by atoms with Gasteiger partial charge in [-0.15, -0.1) is 0 Å². The Hall–Kier alpha value is -2.16. The fourth-order valence-electron chi connectivity index (χ4n) is 3.64. The Morgan fingerprint density at radius 3 is 2.35 bits per heavy atom. The Bertz CT molecular complexity index is 626. The van der Waals surface area contributed by atoms with Gasteiger partial charge in [-0.3, -0.25) is 4.79 Å². The van der Waals surface area contributed by atoms with Crippen LogP contribution in [-0.2, 0) is 4.79 Å². The second-order valence-corrected chi connectivity index (χ2v) is 7.25. The van der Waals surface area contributed by atoms with Gasteiger partial charge >= 0.3 is 5.97 Å². The number of nitrogens with one attached hydrogen (secondary N) is 1. The summed E-state index contributed by atoms with van der Waals surface area (Å²) in [6.07, 6.45) is 3.11. The van der Waals surface area contributed by atoms with Crippen molar-refractivity contribution in [1.29, 1.82) is 0 Å². The smallest absolute Gasteiger partial charge is 0.306 e. The lowest BCUT2D eigenvalue weighted by Crippen LogP contribution is -2.45. The topological polar surface area (TPSA) is 97.7 Å². The molecule has 0 bridgehead atoms. The maximum absolute atomic E-state index is 11.2. The van der Waals surface area contributed by atoms with Crippen molar-refractivity contribution < 1.29 is 9.90 Å². The van der Waals surface area contributed by atoms with Crippen LogP contribution in [-0.4, -0.2) is 84.3 Å². The Balaban J connectivity index is 1.74. The largest absolute Gasteiger partial charge is 0.481 e.